The molecule has 0 heterocycles. The van der Waals surface area contributed by atoms with Crippen LogP contribution in [0.4, 0.5) is 4.39 Å². The van der Waals surface area contributed by atoms with Gasteiger partial charge in [0.1, 0.15) is 17.9 Å². The van der Waals surface area contributed by atoms with Crippen molar-refractivity contribution in [3.05, 3.63) is 35.6 Å². The largest absolute Gasteiger partial charge is 0.480 e. The second-order valence-corrected chi connectivity index (χ2v) is 7.00. The van der Waals surface area contributed by atoms with Gasteiger partial charge in [0.2, 0.25) is 11.8 Å². The number of hydrogen-bond acceptors (Lipinski definition) is 3. The third-order valence-corrected chi connectivity index (χ3v) is 4.54. The highest BCUT2D eigenvalue weighted by molar-refractivity contribution is 5.90. The average molecular weight is 394 g/mol. The summed E-state index contributed by atoms with van der Waals surface area (Å²) in [5.41, 5.74) is 0.277. The number of benzene rings is 1. The van der Waals surface area contributed by atoms with Gasteiger partial charge in [-0.15, -0.1) is 0 Å². The van der Waals surface area contributed by atoms with Gasteiger partial charge >= 0.3 is 5.97 Å². The fourth-order valence-corrected chi connectivity index (χ4v) is 3.00. The van der Waals surface area contributed by atoms with Crippen LogP contribution in [0.15, 0.2) is 24.3 Å². The molecule has 28 heavy (non-hydrogen) atoms. The fraction of sp³-hybridized carbons (Fsp3) is 0.571. The standard InChI is InChI=1S/C21H31FN2O4/c1-3-4-5-6-7-8-13-18(21(27)28)24-20(26)19(23-15(2)25)14-16-11-9-10-12-17(16)22/h9-12,18-19H,3-8,13-14H2,1-2H3,(H,23,25)(H,24,26)(H,27,28)/t18-,19+/m1/s1. The summed E-state index contributed by atoms with van der Waals surface area (Å²) in [7, 11) is 0. The lowest BCUT2D eigenvalue weighted by Crippen LogP contribution is -2.52. The van der Waals surface area contributed by atoms with E-state index in [1.165, 1.54) is 25.1 Å². The Bertz CT molecular complexity index is 651. The Morgan fingerprint density at radius 1 is 1.00 bits per heavy atom. The molecule has 0 saturated carbocycles. The van der Waals surface area contributed by atoms with Crippen LogP contribution in [0, 0.1) is 5.82 Å². The van der Waals surface area contributed by atoms with E-state index in [4.69, 9.17) is 0 Å². The van der Waals surface area contributed by atoms with Crippen LogP contribution in [0.1, 0.15) is 64.4 Å². The zero-order valence-corrected chi connectivity index (χ0v) is 16.7. The maximum absolute atomic E-state index is 13.9. The van der Waals surface area contributed by atoms with E-state index in [1.807, 2.05) is 0 Å². The van der Waals surface area contributed by atoms with Crippen LogP contribution in [-0.4, -0.2) is 35.0 Å². The van der Waals surface area contributed by atoms with Crippen molar-refractivity contribution < 1.29 is 23.9 Å². The average Bonchev–Trinajstić information content (AvgIpc) is 2.64. The van der Waals surface area contributed by atoms with Crippen LogP contribution < -0.4 is 10.6 Å². The minimum atomic E-state index is -1.12. The van der Waals surface area contributed by atoms with Gasteiger partial charge in [0, 0.05) is 13.3 Å². The number of nitrogens with one attached hydrogen (secondary N) is 2. The summed E-state index contributed by atoms with van der Waals surface area (Å²) >= 11 is 0. The van der Waals surface area contributed by atoms with Gasteiger partial charge < -0.3 is 15.7 Å². The van der Waals surface area contributed by atoms with E-state index < -0.39 is 35.7 Å². The Kier molecular flexibility index (Phi) is 10.8. The molecule has 0 unspecified atom stereocenters. The van der Waals surface area contributed by atoms with E-state index in [-0.39, 0.29) is 12.0 Å². The van der Waals surface area contributed by atoms with E-state index in [0.29, 0.717) is 12.8 Å². The molecule has 1 aromatic rings. The molecule has 1 aromatic carbocycles. The molecule has 6 nitrogen and oxygen atoms in total. The molecule has 1 rings (SSSR count). The van der Waals surface area contributed by atoms with Crippen LogP contribution in [-0.2, 0) is 20.8 Å². The number of rotatable bonds is 13. The van der Waals surface area contributed by atoms with Crippen molar-refractivity contribution >= 4 is 17.8 Å². The number of carbonyl (C=O) groups is 3. The predicted octanol–water partition coefficient (Wildman–Crippen LogP) is 3.19. The quantitative estimate of drug-likeness (QED) is 0.448. The second-order valence-electron chi connectivity index (χ2n) is 7.00. The van der Waals surface area contributed by atoms with Crippen molar-refractivity contribution in [1.29, 1.82) is 0 Å². The molecule has 0 fully saturated rings. The van der Waals surface area contributed by atoms with Gasteiger partial charge in [-0.2, -0.15) is 0 Å². The molecule has 0 radical (unpaired) electrons. The number of hydrogen-bond donors (Lipinski definition) is 3. The first kappa shape index (κ1) is 23.6. The molecule has 0 saturated heterocycles. The SMILES string of the molecule is CCCCCCCC[C@@H](NC(=O)[C@H](Cc1ccccc1F)NC(C)=O)C(=O)O. The van der Waals surface area contributed by atoms with Crippen LogP contribution in [0.3, 0.4) is 0 Å². The first-order valence-corrected chi connectivity index (χ1v) is 9.88. The topological polar surface area (TPSA) is 95.5 Å². The first-order chi connectivity index (χ1) is 13.3. The summed E-state index contributed by atoms with van der Waals surface area (Å²) in [5.74, 6) is -2.67. The highest BCUT2D eigenvalue weighted by atomic mass is 19.1. The number of amides is 2. The summed E-state index contributed by atoms with van der Waals surface area (Å²) in [6, 6.07) is 3.91. The van der Waals surface area contributed by atoms with Gasteiger partial charge in [0.25, 0.3) is 0 Å². The smallest absolute Gasteiger partial charge is 0.326 e. The van der Waals surface area contributed by atoms with E-state index in [0.717, 1.165) is 32.1 Å². The Labute approximate surface area is 165 Å². The first-order valence-electron chi connectivity index (χ1n) is 9.88. The zero-order valence-electron chi connectivity index (χ0n) is 16.7. The van der Waals surface area contributed by atoms with E-state index >= 15 is 0 Å². The van der Waals surface area contributed by atoms with Crippen LogP contribution in [0.5, 0.6) is 0 Å². The van der Waals surface area contributed by atoms with Gasteiger partial charge in [-0.3, -0.25) is 9.59 Å². The van der Waals surface area contributed by atoms with Crippen LogP contribution >= 0.6 is 0 Å². The molecule has 156 valence electrons. The molecule has 3 N–H and O–H groups in total. The number of carboxylic acids is 1. The Morgan fingerprint density at radius 2 is 1.64 bits per heavy atom. The van der Waals surface area contributed by atoms with E-state index in [2.05, 4.69) is 17.6 Å². The normalized spacial score (nSPS) is 12.8. The van der Waals surface area contributed by atoms with Crippen LogP contribution in [0.25, 0.3) is 0 Å². The summed E-state index contributed by atoms with van der Waals surface area (Å²) in [5, 5.41) is 14.4. The van der Waals surface area contributed by atoms with Crippen molar-refractivity contribution in [2.45, 2.75) is 77.3 Å². The van der Waals surface area contributed by atoms with Gasteiger partial charge in [-0.1, -0.05) is 63.6 Å². The lowest BCUT2D eigenvalue weighted by atomic mass is 10.0. The van der Waals surface area contributed by atoms with Crippen molar-refractivity contribution in [3.8, 4) is 0 Å². The summed E-state index contributed by atoms with van der Waals surface area (Å²) in [6.07, 6.45) is 6.32. The van der Waals surface area contributed by atoms with Crippen LogP contribution in [0.2, 0.25) is 0 Å². The molecule has 0 spiro atoms. The third-order valence-electron chi connectivity index (χ3n) is 4.54. The molecule has 2 amide bonds. The van der Waals surface area contributed by atoms with Gasteiger partial charge in [-0.25, -0.2) is 9.18 Å². The Balaban J connectivity index is 2.67. The summed E-state index contributed by atoms with van der Waals surface area (Å²) in [4.78, 5) is 35.5. The minimum Gasteiger partial charge on any atom is -0.480 e. The number of unbranched alkanes of at least 4 members (excludes halogenated alkanes) is 5. The Hall–Kier alpha value is -2.44. The van der Waals surface area contributed by atoms with Crippen molar-refractivity contribution in [2.24, 2.45) is 0 Å². The molecule has 2 atom stereocenters. The molecule has 7 heteroatoms. The van der Waals surface area contributed by atoms with Crippen molar-refractivity contribution in [3.63, 3.8) is 0 Å². The zero-order chi connectivity index (χ0) is 20.9. The van der Waals surface area contributed by atoms with Gasteiger partial charge in [0.15, 0.2) is 0 Å². The molecular weight excluding hydrogens is 363 g/mol. The molecule has 0 aliphatic heterocycles. The molecule has 0 aromatic heterocycles. The lowest BCUT2D eigenvalue weighted by molar-refractivity contribution is -0.142. The number of carbonyl (C=O) groups excluding carboxylic acids is 2. The maximum atomic E-state index is 13.9. The summed E-state index contributed by atoms with van der Waals surface area (Å²) < 4.78 is 13.9. The van der Waals surface area contributed by atoms with Crippen molar-refractivity contribution in [2.75, 3.05) is 0 Å². The number of carboxylic acid groups (broad SMARTS) is 1. The lowest BCUT2D eigenvalue weighted by Gasteiger charge is -2.21. The van der Waals surface area contributed by atoms with E-state index in [1.54, 1.807) is 6.07 Å². The molecule has 0 bridgehead atoms. The maximum Gasteiger partial charge on any atom is 0.326 e. The minimum absolute atomic E-state index is 0.0541. The van der Waals surface area contributed by atoms with Crippen molar-refractivity contribution in [1.82, 2.24) is 10.6 Å². The second kappa shape index (κ2) is 12.9. The fourth-order valence-electron chi connectivity index (χ4n) is 3.00. The number of halogens is 1. The van der Waals surface area contributed by atoms with Gasteiger partial charge in [0.05, 0.1) is 0 Å². The molecule has 0 aliphatic rings. The molecular formula is C21H31FN2O4. The molecule has 0 aliphatic carbocycles. The predicted molar refractivity (Wildman–Crippen MR) is 105 cm³/mol. The highest BCUT2D eigenvalue weighted by Gasteiger charge is 2.26. The van der Waals surface area contributed by atoms with E-state index in [9.17, 15) is 23.9 Å². The summed E-state index contributed by atoms with van der Waals surface area (Å²) in [6.45, 7) is 3.38. The number of aliphatic carboxylic acids is 1. The highest BCUT2D eigenvalue weighted by Crippen LogP contribution is 2.11. The third kappa shape index (κ3) is 8.97. The Morgan fingerprint density at radius 3 is 2.25 bits per heavy atom. The van der Waals surface area contributed by atoms with Gasteiger partial charge in [-0.05, 0) is 18.1 Å². The monoisotopic (exact) mass is 394 g/mol.